The smallest absolute Gasteiger partial charge is 0.0266 e. The first-order valence-corrected chi connectivity index (χ1v) is 2.44. The predicted octanol–water partition coefficient (Wildman–Crippen LogP) is -1.06. The van der Waals surface area contributed by atoms with Gasteiger partial charge in [-0.3, -0.25) is 0 Å². The Balaban J connectivity index is 3.39. The first kappa shape index (κ1) is 7.43. The average Bonchev–Trinajstić information content (AvgIpc) is 1.65. The Bertz CT molecular complexity index is 88.4. The van der Waals surface area contributed by atoms with Crippen LogP contribution in [0.1, 0.15) is 0 Å². The Hall–Kier alpha value is -0.570. The van der Waals surface area contributed by atoms with Crippen LogP contribution in [0.5, 0.6) is 0 Å². The predicted molar refractivity (Wildman–Crippen MR) is 31.9 cm³/mol. The van der Waals surface area contributed by atoms with Gasteiger partial charge in [-0.15, -0.1) is 0 Å². The minimum absolute atomic E-state index is 0.0741. The zero-order chi connectivity index (χ0) is 6.57. The van der Waals surface area contributed by atoms with Crippen LogP contribution < -0.4 is 5.11 Å². The second-order valence-corrected chi connectivity index (χ2v) is 1.86. The first-order valence-electron chi connectivity index (χ1n) is 2.44. The highest BCUT2D eigenvalue weighted by molar-refractivity contribution is 5.73. The van der Waals surface area contributed by atoms with Crippen LogP contribution in [0.2, 0.25) is 0 Å². The standard InChI is InChI=1S/C5H12N2O/c1-6-5(8)4-7(2)3/h4H2,1-3H3,(H,6,8)/p-1. The van der Waals surface area contributed by atoms with Crippen LogP contribution in [0.4, 0.5) is 0 Å². The molecule has 0 aliphatic rings. The van der Waals surface area contributed by atoms with Gasteiger partial charge in [-0.25, -0.2) is 0 Å². The Morgan fingerprint density at radius 1 is 1.62 bits per heavy atom. The van der Waals surface area contributed by atoms with Crippen molar-refractivity contribution in [3.8, 4) is 0 Å². The van der Waals surface area contributed by atoms with E-state index in [4.69, 9.17) is 0 Å². The van der Waals surface area contributed by atoms with Crippen LogP contribution in [0.15, 0.2) is 4.99 Å². The van der Waals surface area contributed by atoms with Crippen molar-refractivity contribution in [1.82, 2.24) is 4.90 Å². The van der Waals surface area contributed by atoms with Crippen LogP contribution in [0.25, 0.3) is 0 Å². The summed E-state index contributed by atoms with van der Waals surface area (Å²) in [7, 11) is 5.18. The number of hydrogen-bond donors (Lipinski definition) is 0. The Labute approximate surface area is 49.6 Å². The summed E-state index contributed by atoms with van der Waals surface area (Å²) in [6.07, 6.45) is 0. The summed E-state index contributed by atoms with van der Waals surface area (Å²) in [6, 6.07) is 0. The molecule has 0 spiro atoms. The van der Waals surface area contributed by atoms with Crippen molar-refractivity contribution >= 4 is 5.90 Å². The molecule has 0 aromatic heterocycles. The lowest BCUT2D eigenvalue weighted by atomic mass is 10.6. The number of hydrogen-bond acceptors (Lipinski definition) is 3. The molecular formula is C5H11N2O-. The molecule has 3 nitrogen and oxygen atoms in total. The maximum Gasteiger partial charge on any atom is 0.0266 e. The van der Waals surface area contributed by atoms with Crippen molar-refractivity contribution in [3.63, 3.8) is 0 Å². The summed E-state index contributed by atoms with van der Waals surface area (Å²) < 4.78 is 0. The summed E-state index contributed by atoms with van der Waals surface area (Å²) in [5.41, 5.74) is 0. The Morgan fingerprint density at radius 3 is 2.25 bits per heavy atom. The monoisotopic (exact) mass is 115 g/mol. The summed E-state index contributed by atoms with van der Waals surface area (Å²) in [5, 5.41) is 10.4. The van der Waals surface area contributed by atoms with E-state index in [0.29, 0.717) is 6.54 Å². The molecule has 0 N–H and O–H groups in total. The van der Waals surface area contributed by atoms with Gasteiger partial charge in [0.25, 0.3) is 0 Å². The zero-order valence-electron chi connectivity index (χ0n) is 5.51. The molecule has 0 rings (SSSR count). The lowest BCUT2D eigenvalue weighted by molar-refractivity contribution is -0.219. The van der Waals surface area contributed by atoms with Crippen molar-refractivity contribution in [2.24, 2.45) is 4.99 Å². The molecule has 0 fully saturated rings. The molecule has 0 saturated carbocycles. The second kappa shape index (κ2) is 3.43. The lowest BCUT2D eigenvalue weighted by Gasteiger charge is -2.14. The highest BCUT2D eigenvalue weighted by atomic mass is 16.3. The van der Waals surface area contributed by atoms with Gasteiger partial charge in [0.2, 0.25) is 0 Å². The van der Waals surface area contributed by atoms with Crippen LogP contribution in [0, 0.1) is 0 Å². The Morgan fingerprint density at radius 2 is 2.12 bits per heavy atom. The fourth-order valence-corrected chi connectivity index (χ4v) is 0.341. The van der Waals surface area contributed by atoms with Gasteiger partial charge in [-0.2, -0.15) is 0 Å². The summed E-state index contributed by atoms with van der Waals surface area (Å²) >= 11 is 0. The number of likely N-dealkylation sites (N-methyl/N-ethyl adjacent to an activating group) is 1. The largest absolute Gasteiger partial charge is 0.861 e. The Kier molecular flexibility index (Phi) is 3.19. The number of nitrogens with zero attached hydrogens (tertiary/aromatic N) is 2. The maximum atomic E-state index is 10.4. The van der Waals surface area contributed by atoms with Gasteiger partial charge in [0.15, 0.2) is 0 Å². The molecule has 0 bridgehead atoms. The van der Waals surface area contributed by atoms with Gasteiger partial charge in [0, 0.05) is 13.6 Å². The lowest BCUT2D eigenvalue weighted by Crippen LogP contribution is -2.30. The summed E-state index contributed by atoms with van der Waals surface area (Å²) in [6.45, 7) is 0.413. The van der Waals surface area contributed by atoms with E-state index in [0.717, 1.165) is 0 Å². The highest BCUT2D eigenvalue weighted by Gasteiger charge is 1.83. The van der Waals surface area contributed by atoms with Gasteiger partial charge < -0.3 is 15.0 Å². The minimum Gasteiger partial charge on any atom is -0.861 e. The zero-order valence-corrected chi connectivity index (χ0v) is 5.51. The second-order valence-electron chi connectivity index (χ2n) is 1.86. The van der Waals surface area contributed by atoms with E-state index in [-0.39, 0.29) is 5.90 Å². The van der Waals surface area contributed by atoms with Crippen LogP contribution in [-0.2, 0) is 0 Å². The van der Waals surface area contributed by atoms with E-state index >= 15 is 0 Å². The van der Waals surface area contributed by atoms with Crippen molar-refractivity contribution < 1.29 is 5.11 Å². The summed E-state index contributed by atoms with van der Waals surface area (Å²) in [4.78, 5) is 5.24. The molecule has 0 aromatic carbocycles. The van der Waals surface area contributed by atoms with Gasteiger partial charge in [-0.1, -0.05) is 0 Å². The van der Waals surface area contributed by atoms with Gasteiger partial charge in [-0.05, 0) is 20.0 Å². The SMILES string of the molecule is CN=C([O-])CN(C)C. The van der Waals surface area contributed by atoms with Crippen LogP contribution in [-0.4, -0.2) is 38.5 Å². The van der Waals surface area contributed by atoms with E-state index in [1.807, 2.05) is 14.1 Å². The molecule has 0 radical (unpaired) electrons. The van der Waals surface area contributed by atoms with Crippen molar-refractivity contribution in [2.45, 2.75) is 0 Å². The number of rotatable bonds is 2. The molecule has 3 heteroatoms. The number of aliphatic imine (C=N–C) groups is 1. The average molecular weight is 115 g/mol. The molecule has 0 aliphatic heterocycles. The molecule has 8 heavy (non-hydrogen) atoms. The van der Waals surface area contributed by atoms with Crippen LogP contribution >= 0.6 is 0 Å². The molecule has 0 aliphatic carbocycles. The molecule has 48 valence electrons. The molecule has 0 heterocycles. The quantitative estimate of drug-likeness (QED) is 0.340. The van der Waals surface area contributed by atoms with E-state index in [9.17, 15) is 5.11 Å². The van der Waals surface area contributed by atoms with E-state index in [1.165, 1.54) is 7.05 Å². The van der Waals surface area contributed by atoms with Gasteiger partial charge >= 0.3 is 0 Å². The minimum atomic E-state index is -0.0741. The topological polar surface area (TPSA) is 38.7 Å². The van der Waals surface area contributed by atoms with Crippen molar-refractivity contribution in [1.29, 1.82) is 0 Å². The third-order valence-corrected chi connectivity index (χ3v) is 0.701. The van der Waals surface area contributed by atoms with Crippen molar-refractivity contribution in [2.75, 3.05) is 27.7 Å². The molecule has 0 unspecified atom stereocenters. The van der Waals surface area contributed by atoms with E-state index in [1.54, 1.807) is 4.90 Å². The van der Waals surface area contributed by atoms with E-state index < -0.39 is 0 Å². The third-order valence-electron chi connectivity index (χ3n) is 0.701. The fourth-order valence-electron chi connectivity index (χ4n) is 0.341. The maximum absolute atomic E-state index is 10.4. The molecular weight excluding hydrogens is 104 g/mol. The third kappa shape index (κ3) is 3.61. The van der Waals surface area contributed by atoms with E-state index in [2.05, 4.69) is 4.99 Å². The van der Waals surface area contributed by atoms with Gasteiger partial charge in [0.1, 0.15) is 0 Å². The normalized spacial score (nSPS) is 12.8. The molecule has 0 aromatic rings. The molecule has 0 atom stereocenters. The highest BCUT2D eigenvalue weighted by Crippen LogP contribution is 1.71. The van der Waals surface area contributed by atoms with Crippen molar-refractivity contribution in [3.05, 3.63) is 0 Å². The molecule has 0 amide bonds. The summed E-state index contributed by atoms with van der Waals surface area (Å²) in [5.74, 6) is -0.0741. The molecule has 0 saturated heterocycles. The first-order chi connectivity index (χ1) is 3.66. The fraction of sp³-hybridized carbons (Fsp3) is 0.800. The van der Waals surface area contributed by atoms with Gasteiger partial charge in [0.05, 0.1) is 0 Å². The van der Waals surface area contributed by atoms with Crippen LogP contribution in [0.3, 0.4) is 0 Å².